The fourth-order valence-corrected chi connectivity index (χ4v) is 1.66. The number of fused-ring (bicyclic) bond motifs is 1. The fraction of sp³-hybridized carbons (Fsp3) is 0.273. The minimum absolute atomic E-state index is 0.195. The zero-order valence-electron chi connectivity index (χ0n) is 8.26. The van der Waals surface area contributed by atoms with Crippen molar-refractivity contribution < 1.29 is 13.2 Å². The second-order valence-corrected chi connectivity index (χ2v) is 3.55. The molecule has 0 radical (unpaired) electrons. The first-order valence-corrected chi connectivity index (χ1v) is 4.70. The van der Waals surface area contributed by atoms with Crippen LogP contribution in [0, 0.1) is 11.6 Å². The van der Waals surface area contributed by atoms with Gasteiger partial charge in [-0.3, -0.25) is 0 Å². The van der Waals surface area contributed by atoms with Gasteiger partial charge in [0.15, 0.2) is 0 Å². The van der Waals surface area contributed by atoms with E-state index in [-0.39, 0.29) is 11.5 Å². The summed E-state index contributed by atoms with van der Waals surface area (Å²) in [5.74, 6) is -1.41. The van der Waals surface area contributed by atoms with Gasteiger partial charge in [0.25, 0.3) is 0 Å². The number of rotatable bonds is 2. The molecule has 2 rings (SSSR count). The molecule has 0 saturated carbocycles. The average Bonchev–Trinajstić information content (AvgIpc) is 2.66. The van der Waals surface area contributed by atoms with Crippen LogP contribution in [0.15, 0.2) is 22.8 Å². The van der Waals surface area contributed by atoms with E-state index in [1.165, 1.54) is 12.3 Å². The lowest BCUT2D eigenvalue weighted by Gasteiger charge is -2.10. The van der Waals surface area contributed by atoms with Gasteiger partial charge < -0.3 is 10.2 Å². The minimum Gasteiger partial charge on any atom is -0.464 e. The Bertz CT molecular complexity index is 493. The first kappa shape index (κ1) is 10.1. The van der Waals surface area contributed by atoms with Crippen LogP contribution in [0.1, 0.15) is 18.4 Å². The average molecular weight is 211 g/mol. The summed E-state index contributed by atoms with van der Waals surface area (Å²) in [5.41, 5.74) is 6.07. The number of furan rings is 1. The van der Waals surface area contributed by atoms with E-state index in [9.17, 15) is 8.78 Å². The van der Waals surface area contributed by atoms with Crippen molar-refractivity contribution >= 4 is 11.0 Å². The highest BCUT2D eigenvalue weighted by Crippen LogP contribution is 2.30. The summed E-state index contributed by atoms with van der Waals surface area (Å²) in [6, 6.07) is 2.36. The van der Waals surface area contributed by atoms with Crippen molar-refractivity contribution in [2.45, 2.75) is 12.8 Å². The lowest BCUT2D eigenvalue weighted by molar-refractivity contribution is 0.549. The molecule has 1 atom stereocenters. The van der Waals surface area contributed by atoms with E-state index in [1.54, 1.807) is 6.92 Å². The van der Waals surface area contributed by atoms with E-state index in [2.05, 4.69) is 0 Å². The maximum Gasteiger partial charge on any atom is 0.143 e. The molecular formula is C11H11F2NO. The highest BCUT2D eigenvalue weighted by atomic mass is 19.1. The normalized spacial score (nSPS) is 13.3. The van der Waals surface area contributed by atoms with Gasteiger partial charge in [0.1, 0.15) is 17.2 Å². The van der Waals surface area contributed by atoms with Gasteiger partial charge in [-0.2, -0.15) is 0 Å². The first-order valence-electron chi connectivity index (χ1n) is 4.70. The predicted octanol–water partition coefficient (Wildman–Crippen LogP) is 2.77. The zero-order valence-corrected chi connectivity index (χ0v) is 8.26. The Morgan fingerprint density at radius 3 is 2.80 bits per heavy atom. The van der Waals surface area contributed by atoms with Gasteiger partial charge in [-0.05, 0) is 18.5 Å². The first-order chi connectivity index (χ1) is 7.15. The molecule has 0 fully saturated rings. The summed E-state index contributed by atoms with van der Waals surface area (Å²) >= 11 is 0. The van der Waals surface area contributed by atoms with Gasteiger partial charge in [0, 0.05) is 11.6 Å². The lowest BCUT2D eigenvalue weighted by atomic mass is 9.98. The van der Waals surface area contributed by atoms with Crippen LogP contribution < -0.4 is 5.73 Å². The van der Waals surface area contributed by atoms with E-state index in [0.717, 1.165) is 6.07 Å². The smallest absolute Gasteiger partial charge is 0.143 e. The van der Waals surface area contributed by atoms with Crippen LogP contribution in [-0.4, -0.2) is 6.54 Å². The van der Waals surface area contributed by atoms with Crippen molar-refractivity contribution in [3.05, 3.63) is 35.6 Å². The predicted molar refractivity (Wildman–Crippen MR) is 53.6 cm³/mol. The van der Waals surface area contributed by atoms with Gasteiger partial charge in [-0.1, -0.05) is 6.92 Å². The van der Waals surface area contributed by atoms with Gasteiger partial charge in [0.2, 0.25) is 0 Å². The molecule has 0 bridgehead atoms. The van der Waals surface area contributed by atoms with E-state index in [0.29, 0.717) is 17.5 Å². The molecule has 1 heterocycles. The van der Waals surface area contributed by atoms with Crippen LogP contribution in [0.2, 0.25) is 0 Å². The van der Waals surface area contributed by atoms with Gasteiger partial charge in [-0.15, -0.1) is 0 Å². The molecule has 0 aliphatic carbocycles. The summed E-state index contributed by atoms with van der Waals surface area (Å²) in [5, 5.41) is 0.298. The molecule has 2 N–H and O–H groups in total. The Morgan fingerprint density at radius 1 is 1.40 bits per heavy atom. The van der Waals surface area contributed by atoms with Crippen LogP contribution in [0.5, 0.6) is 0 Å². The molecule has 1 aromatic heterocycles. The molecule has 2 nitrogen and oxygen atoms in total. The number of nitrogens with two attached hydrogens (primary N) is 1. The monoisotopic (exact) mass is 211 g/mol. The highest BCUT2D eigenvalue weighted by Gasteiger charge is 2.18. The maximum absolute atomic E-state index is 13.5. The molecule has 2 aromatic rings. The summed E-state index contributed by atoms with van der Waals surface area (Å²) in [4.78, 5) is 0. The maximum atomic E-state index is 13.5. The van der Waals surface area contributed by atoms with E-state index < -0.39 is 11.6 Å². The third kappa shape index (κ3) is 1.51. The van der Waals surface area contributed by atoms with Crippen LogP contribution in [0.3, 0.4) is 0 Å². The van der Waals surface area contributed by atoms with Gasteiger partial charge >= 0.3 is 0 Å². The van der Waals surface area contributed by atoms with Crippen LogP contribution in [0.25, 0.3) is 11.0 Å². The third-order valence-electron chi connectivity index (χ3n) is 2.52. The summed E-state index contributed by atoms with van der Waals surface area (Å²) in [6.45, 7) is 2.07. The number of halogens is 2. The number of hydrogen-bond donors (Lipinski definition) is 1. The van der Waals surface area contributed by atoms with Crippen LogP contribution >= 0.6 is 0 Å². The molecule has 1 aromatic carbocycles. The molecule has 0 amide bonds. The second-order valence-electron chi connectivity index (χ2n) is 3.55. The highest BCUT2D eigenvalue weighted by molar-refractivity contribution is 5.81. The molecule has 0 aliphatic heterocycles. The van der Waals surface area contributed by atoms with Crippen molar-refractivity contribution in [2.24, 2.45) is 5.73 Å². The Kier molecular flexibility index (Phi) is 2.44. The van der Waals surface area contributed by atoms with Crippen LogP contribution in [0.4, 0.5) is 8.78 Å². The molecule has 0 spiro atoms. The molecule has 0 saturated heterocycles. The molecule has 0 aliphatic rings. The number of benzene rings is 1. The van der Waals surface area contributed by atoms with Gasteiger partial charge in [0.05, 0.1) is 11.6 Å². The van der Waals surface area contributed by atoms with E-state index in [1.807, 2.05) is 0 Å². The zero-order chi connectivity index (χ0) is 11.0. The Morgan fingerprint density at radius 2 is 2.13 bits per heavy atom. The van der Waals surface area contributed by atoms with Gasteiger partial charge in [-0.25, -0.2) is 8.78 Å². The van der Waals surface area contributed by atoms with Crippen molar-refractivity contribution in [1.82, 2.24) is 0 Å². The Hall–Kier alpha value is -1.42. The minimum atomic E-state index is -0.607. The van der Waals surface area contributed by atoms with Crippen molar-refractivity contribution in [1.29, 1.82) is 0 Å². The Balaban J connectivity index is 2.76. The van der Waals surface area contributed by atoms with E-state index >= 15 is 0 Å². The largest absolute Gasteiger partial charge is 0.464 e. The van der Waals surface area contributed by atoms with Crippen LogP contribution in [-0.2, 0) is 0 Å². The summed E-state index contributed by atoms with van der Waals surface area (Å²) < 4.78 is 31.9. The topological polar surface area (TPSA) is 39.2 Å². The second kappa shape index (κ2) is 3.62. The quantitative estimate of drug-likeness (QED) is 0.829. The fourth-order valence-electron chi connectivity index (χ4n) is 1.66. The molecule has 1 unspecified atom stereocenters. The van der Waals surface area contributed by atoms with Crippen molar-refractivity contribution in [3.63, 3.8) is 0 Å². The molecule has 80 valence electrons. The standard InChI is InChI=1S/C11H11F2NO/c1-6(5-14)10-9(13)4-8(12)7-2-3-15-11(7)10/h2-4,6H,5,14H2,1H3. The lowest BCUT2D eigenvalue weighted by Crippen LogP contribution is -2.11. The van der Waals surface area contributed by atoms with E-state index in [4.69, 9.17) is 10.2 Å². The van der Waals surface area contributed by atoms with Crippen molar-refractivity contribution in [2.75, 3.05) is 6.54 Å². The molecular weight excluding hydrogens is 200 g/mol. The van der Waals surface area contributed by atoms with Crippen molar-refractivity contribution in [3.8, 4) is 0 Å². The summed E-state index contributed by atoms with van der Waals surface area (Å²) in [7, 11) is 0. The Labute approximate surface area is 85.7 Å². The molecule has 4 heteroatoms. The SMILES string of the molecule is CC(CN)c1c(F)cc(F)c2ccoc12. The number of hydrogen-bond acceptors (Lipinski definition) is 2. The molecule has 15 heavy (non-hydrogen) atoms. The summed E-state index contributed by atoms with van der Waals surface area (Å²) in [6.07, 6.45) is 1.35. The third-order valence-corrected chi connectivity index (χ3v) is 2.52.